The Morgan fingerprint density at radius 3 is 2.10 bits per heavy atom. The minimum absolute atomic E-state index is 0.0108. The molecule has 5 aliphatic rings. The summed E-state index contributed by atoms with van der Waals surface area (Å²) in [6.45, 7) is 0.0108. The SMILES string of the molecule is O=C(COC1=C/C=C\C=C/C=C\1)NC12CC(NC(=O)C3CCCCCCCCC3)(C1)C2. The highest BCUT2D eigenvalue weighted by atomic mass is 16.5. The average molecular weight is 425 g/mol. The number of hydrogen-bond donors (Lipinski definition) is 2. The highest BCUT2D eigenvalue weighted by Gasteiger charge is 2.69. The Labute approximate surface area is 186 Å². The largest absolute Gasteiger partial charge is 0.484 e. The molecule has 5 aliphatic carbocycles. The first kappa shape index (κ1) is 21.9. The second-order valence-corrected chi connectivity index (χ2v) is 9.86. The molecule has 5 rings (SSSR count). The molecule has 31 heavy (non-hydrogen) atoms. The molecule has 5 heteroatoms. The second kappa shape index (κ2) is 9.88. The van der Waals surface area contributed by atoms with Crippen molar-refractivity contribution in [1.82, 2.24) is 10.6 Å². The maximum Gasteiger partial charge on any atom is 0.258 e. The number of amides is 2. The zero-order valence-electron chi connectivity index (χ0n) is 18.5. The van der Waals surface area contributed by atoms with Crippen LogP contribution in [0.5, 0.6) is 0 Å². The monoisotopic (exact) mass is 424 g/mol. The average Bonchev–Trinajstić information content (AvgIpc) is 2.68. The summed E-state index contributed by atoms with van der Waals surface area (Å²) in [5, 5.41) is 6.49. The zero-order valence-corrected chi connectivity index (χ0v) is 18.5. The van der Waals surface area contributed by atoms with Crippen molar-refractivity contribution in [2.45, 2.75) is 88.1 Å². The molecule has 0 aliphatic heterocycles. The van der Waals surface area contributed by atoms with E-state index in [1.807, 2.05) is 42.5 Å². The third-order valence-corrected chi connectivity index (χ3v) is 7.13. The normalized spacial score (nSPS) is 35.4. The molecule has 168 valence electrons. The highest BCUT2D eigenvalue weighted by molar-refractivity contribution is 5.82. The predicted octanol–water partition coefficient (Wildman–Crippen LogP) is 4.62. The van der Waals surface area contributed by atoms with E-state index in [9.17, 15) is 9.59 Å². The molecule has 0 saturated heterocycles. The lowest BCUT2D eigenvalue weighted by molar-refractivity contribution is -0.153. The topological polar surface area (TPSA) is 67.4 Å². The number of nitrogens with one attached hydrogen (secondary N) is 2. The summed E-state index contributed by atoms with van der Waals surface area (Å²) in [6.07, 6.45) is 26.7. The predicted molar refractivity (Wildman–Crippen MR) is 122 cm³/mol. The van der Waals surface area contributed by atoms with Gasteiger partial charge in [-0.25, -0.2) is 0 Å². The lowest BCUT2D eigenvalue weighted by atomic mass is 9.44. The van der Waals surface area contributed by atoms with Gasteiger partial charge >= 0.3 is 0 Å². The Kier molecular flexibility index (Phi) is 6.99. The molecular formula is C26H36N2O3. The van der Waals surface area contributed by atoms with Gasteiger partial charge in [-0.1, -0.05) is 75.3 Å². The van der Waals surface area contributed by atoms with Crippen LogP contribution in [0.25, 0.3) is 0 Å². The molecule has 0 spiro atoms. The fraction of sp³-hybridized carbons (Fsp3) is 0.615. The van der Waals surface area contributed by atoms with E-state index in [-0.39, 0.29) is 35.4 Å². The fourth-order valence-electron chi connectivity index (χ4n) is 5.61. The van der Waals surface area contributed by atoms with Gasteiger partial charge in [0.15, 0.2) is 6.61 Å². The number of ether oxygens (including phenoxy) is 1. The Balaban J connectivity index is 1.18. The molecule has 0 unspecified atom stereocenters. The van der Waals surface area contributed by atoms with Gasteiger partial charge in [-0.3, -0.25) is 9.59 Å². The van der Waals surface area contributed by atoms with E-state index in [4.69, 9.17) is 4.74 Å². The van der Waals surface area contributed by atoms with E-state index < -0.39 is 0 Å². The molecule has 0 aromatic rings. The van der Waals surface area contributed by atoms with E-state index in [0.29, 0.717) is 5.76 Å². The van der Waals surface area contributed by atoms with Crippen molar-refractivity contribution in [2.24, 2.45) is 5.92 Å². The number of allylic oxidation sites excluding steroid dienone is 7. The van der Waals surface area contributed by atoms with Gasteiger partial charge in [-0.15, -0.1) is 0 Å². The first-order valence-corrected chi connectivity index (χ1v) is 12.1. The summed E-state index contributed by atoms with van der Waals surface area (Å²) in [6, 6.07) is 0. The van der Waals surface area contributed by atoms with Crippen LogP contribution in [0, 0.1) is 5.92 Å². The number of hydrogen-bond acceptors (Lipinski definition) is 3. The molecule has 2 bridgehead atoms. The Hall–Kier alpha value is -2.30. The summed E-state index contributed by atoms with van der Waals surface area (Å²) >= 11 is 0. The molecule has 2 amide bonds. The number of carbonyl (C=O) groups is 2. The van der Waals surface area contributed by atoms with Gasteiger partial charge in [0.2, 0.25) is 5.91 Å². The zero-order chi connectivity index (χ0) is 21.6. The molecule has 5 nitrogen and oxygen atoms in total. The first-order chi connectivity index (χ1) is 15.1. The molecule has 0 heterocycles. The summed E-state index contributed by atoms with van der Waals surface area (Å²) in [5.74, 6) is 0.985. The van der Waals surface area contributed by atoms with Gasteiger partial charge in [0.05, 0.1) is 0 Å². The molecule has 2 N–H and O–H groups in total. The quantitative estimate of drug-likeness (QED) is 0.654. The van der Waals surface area contributed by atoms with Gasteiger partial charge in [0.25, 0.3) is 5.91 Å². The Morgan fingerprint density at radius 1 is 0.806 bits per heavy atom. The van der Waals surface area contributed by atoms with Crippen molar-refractivity contribution >= 4 is 11.8 Å². The van der Waals surface area contributed by atoms with Crippen LogP contribution < -0.4 is 10.6 Å². The molecule has 4 fully saturated rings. The van der Waals surface area contributed by atoms with Crippen LogP contribution in [0.2, 0.25) is 0 Å². The van der Waals surface area contributed by atoms with Gasteiger partial charge in [-0.05, 0) is 44.3 Å². The summed E-state index contributed by atoms with van der Waals surface area (Å²) in [5.41, 5.74) is -0.222. The van der Waals surface area contributed by atoms with Crippen LogP contribution in [0.15, 0.2) is 48.3 Å². The van der Waals surface area contributed by atoms with Crippen LogP contribution in [-0.2, 0) is 14.3 Å². The smallest absolute Gasteiger partial charge is 0.258 e. The van der Waals surface area contributed by atoms with Gasteiger partial charge in [0.1, 0.15) is 5.76 Å². The van der Waals surface area contributed by atoms with E-state index in [0.717, 1.165) is 32.1 Å². The molecule has 0 atom stereocenters. The van der Waals surface area contributed by atoms with Crippen LogP contribution in [0.1, 0.15) is 77.0 Å². The maximum atomic E-state index is 12.9. The lowest BCUT2D eigenvalue weighted by Gasteiger charge is -2.70. The van der Waals surface area contributed by atoms with E-state index in [1.165, 1.54) is 44.9 Å². The van der Waals surface area contributed by atoms with Crippen LogP contribution in [0.3, 0.4) is 0 Å². The number of carbonyl (C=O) groups excluding carboxylic acids is 2. The van der Waals surface area contributed by atoms with Crippen molar-refractivity contribution < 1.29 is 14.3 Å². The molecule has 0 aromatic carbocycles. The van der Waals surface area contributed by atoms with Crippen molar-refractivity contribution in [3.63, 3.8) is 0 Å². The highest BCUT2D eigenvalue weighted by Crippen LogP contribution is 2.60. The van der Waals surface area contributed by atoms with E-state index in [1.54, 1.807) is 0 Å². The Bertz CT molecular complexity index is 763. The summed E-state index contributed by atoms with van der Waals surface area (Å²) < 4.78 is 5.63. The molecule has 4 saturated carbocycles. The first-order valence-electron chi connectivity index (χ1n) is 12.1. The summed E-state index contributed by atoms with van der Waals surface area (Å²) in [4.78, 5) is 25.3. The minimum Gasteiger partial charge on any atom is -0.484 e. The minimum atomic E-state index is -0.141. The van der Waals surface area contributed by atoms with Gasteiger partial charge in [-0.2, -0.15) is 0 Å². The third-order valence-electron chi connectivity index (χ3n) is 7.13. The van der Waals surface area contributed by atoms with E-state index in [2.05, 4.69) is 10.6 Å². The molecule has 0 radical (unpaired) electrons. The van der Waals surface area contributed by atoms with Crippen molar-refractivity contribution in [1.29, 1.82) is 0 Å². The van der Waals surface area contributed by atoms with Crippen molar-refractivity contribution in [3.05, 3.63) is 48.3 Å². The fourth-order valence-corrected chi connectivity index (χ4v) is 5.61. The van der Waals surface area contributed by atoms with Crippen LogP contribution in [-0.4, -0.2) is 29.5 Å². The second-order valence-electron chi connectivity index (χ2n) is 9.86. The van der Waals surface area contributed by atoms with Crippen LogP contribution in [0.4, 0.5) is 0 Å². The third kappa shape index (κ3) is 5.69. The molecule has 0 aromatic heterocycles. The maximum absolute atomic E-state index is 12.9. The van der Waals surface area contributed by atoms with Crippen LogP contribution >= 0.6 is 0 Å². The Morgan fingerprint density at radius 2 is 1.39 bits per heavy atom. The van der Waals surface area contributed by atoms with Gasteiger partial charge in [0, 0.05) is 17.0 Å². The van der Waals surface area contributed by atoms with Crippen molar-refractivity contribution in [3.8, 4) is 0 Å². The number of rotatable bonds is 6. The van der Waals surface area contributed by atoms with Crippen molar-refractivity contribution in [2.75, 3.05) is 6.61 Å². The lowest BCUT2D eigenvalue weighted by Crippen LogP contribution is -2.84. The molecular weight excluding hydrogens is 388 g/mol. The summed E-state index contributed by atoms with van der Waals surface area (Å²) in [7, 11) is 0. The standard InChI is InChI=1S/C26H36N2O3/c29-23(17-31-22-15-11-7-4-8-12-16-22)27-25-18-26(19-25,20-25)28-24(30)21-13-9-5-2-1-3-6-10-14-21/h4,7-8,11-12,15-16,21H,1-3,5-6,9-10,13-14,17-20H2,(H,27,29)(H,28,30)/b7-4-,8-4?,11-7?,12-8-,15-11-,16-12?,22-15?,22-16+. The van der Waals surface area contributed by atoms with E-state index >= 15 is 0 Å². The van der Waals surface area contributed by atoms with Gasteiger partial charge < -0.3 is 15.4 Å².